The molecule has 2 heterocycles. The van der Waals surface area contributed by atoms with Gasteiger partial charge >= 0.3 is 12.1 Å². The number of carboxylic acids is 1. The number of carbonyl (C=O) groups is 3. The number of nitrogens with zero attached hydrogens (tertiary/aromatic N) is 2. The summed E-state index contributed by atoms with van der Waals surface area (Å²) in [4.78, 5) is 43.3. The highest BCUT2D eigenvalue weighted by molar-refractivity contribution is 6.05. The van der Waals surface area contributed by atoms with E-state index in [2.05, 4.69) is 10.3 Å². The van der Waals surface area contributed by atoms with Gasteiger partial charge in [-0.25, -0.2) is 4.79 Å². The number of fused-ring (bicyclic) bond motifs is 1. The van der Waals surface area contributed by atoms with Crippen molar-refractivity contribution in [3.63, 3.8) is 0 Å². The maximum atomic E-state index is 12.5. The van der Waals surface area contributed by atoms with Crippen molar-refractivity contribution >= 4 is 34.6 Å². The molecule has 1 aromatic heterocycles. The van der Waals surface area contributed by atoms with Gasteiger partial charge in [0.2, 0.25) is 0 Å². The van der Waals surface area contributed by atoms with E-state index in [-0.39, 0.29) is 12.0 Å². The van der Waals surface area contributed by atoms with Crippen LogP contribution in [0.2, 0.25) is 0 Å². The molecular formula is C24H26N4O5. The lowest BCUT2D eigenvalue weighted by Crippen LogP contribution is -2.51. The van der Waals surface area contributed by atoms with Crippen molar-refractivity contribution in [1.29, 1.82) is 0 Å². The Labute approximate surface area is 190 Å². The van der Waals surface area contributed by atoms with Crippen LogP contribution in [0.25, 0.3) is 10.9 Å². The van der Waals surface area contributed by atoms with Gasteiger partial charge in [-0.2, -0.15) is 0 Å². The smallest absolute Gasteiger partial charge is 0.409 e. The van der Waals surface area contributed by atoms with Crippen LogP contribution in [0, 0.1) is 0 Å². The molecule has 33 heavy (non-hydrogen) atoms. The third kappa shape index (κ3) is 4.83. The summed E-state index contributed by atoms with van der Waals surface area (Å²) in [6.45, 7) is 3.66. The molecule has 172 valence electrons. The minimum atomic E-state index is -0.973. The van der Waals surface area contributed by atoms with Gasteiger partial charge in [-0.15, -0.1) is 0 Å². The Morgan fingerprint density at radius 1 is 1.09 bits per heavy atom. The fraction of sp³-hybridized carbons (Fsp3) is 0.292. The molecule has 9 nitrogen and oxygen atoms in total. The molecule has 0 spiro atoms. The summed E-state index contributed by atoms with van der Waals surface area (Å²) in [6, 6.07) is 13.4. The minimum absolute atomic E-state index is 0.239. The molecule has 3 N–H and O–H groups in total. The molecule has 1 fully saturated rings. The number of aliphatic carboxylic acids is 1. The lowest BCUT2D eigenvalue weighted by molar-refractivity contribution is -0.144. The second kappa shape index (κ2) is 9.74. The van der Waals surface area contributed by atoms with Gasteiger partial charge in [-0.1, -0.05) is 18.2 Å². The Morgan fingerprint density at radius 3 is 2.48 bits per heavy atom. The fourth-order valence-corrected chi connectivity index (χ4v) is 4.10. The van der Waals surface area contributed by atoms with Crippen LogP contribution in [0.15, 0.2) is 54.7 Å². The number of nitrogens with one attached hydrogen (secondary N) is 2. The maximum Gasteiger partial charge on any atom is 0.409 e. The molecule has 1 saturated heterocycles. The second-order valence-electron chi connectivity index (χ2n) is 7.79. The number of hydrogen-bond acceptors (Lipinski definition) is 5. The number of aromatic amines is 1. The van der Waals surface area contributed by atoms with Gasteiger partial charge in [0.15, 0.2) is 0 Å². The van der Waals surface area contributed by atoms with Crippen molar-refractivity contribution < 1.29 is 24.2 Å². The standard InChI is InChI=1S/C24H26N4O5/c1-2-33-24(32)28-12-10-27(11-13-28)21(23(30)31)19-15-25-20-9-8-17(14-18(19)20)26-22(29)16-6-4-3-5-7-16/h3-9,14-15,21,25H,2,10-13H2,1H3,(H,26,29)(H,30,31)/t21-/m0/s1. The molecule has 1 atom stereocenters. The number of anilines is 1. The maximum absolute atomic E-state index is 12.5. The van der Waals surface area contributed by atoms with Gasteiger partial charge in [0, 0.05) is 60.1 Å². The van der Waals surface area contributed by atoms with Gasteiger partial charge in [0.05, 0.1) is 6.61 Å². The molecule has 0 unspecified atom stereocenters. The van der Waals surface area contributed by atoms with Gasteiger partial charge in [0.25, 0.3) is 5.91 Å². The summed E-state index contributed by atoms with van der Waals surface area (Å²) < 4.78 is 5.04. The zero-order valence-corrected chi connectivity index (χ0v) is 18.3. The third-order valence-electron chi connectivity index (χ3n) is 5.74. The first-order chi connectivity index (χ1) is 16.0. The van der Waals surface area contributed by atoms with E-state index in [0.29, 0.717) is 49.6 Å². The van der Waals surface area contributed by atoms with Crippen molar-refractivity contribution in [2.75, 3.05) is 38.1 Å². The number of rotatable bonds is 6. The van der Waals surface area contributed by atoms with Gasteiger partial charge in [-0.05, 0) is 37.3 Å². The first kappa shape index (κ1) is 22.3. The van der Waals surface area contributed by atoms with E-state index < -0.39 is 12.0 Å². The Hall–Kier alpha value is -3.85. The summed E-state index contributed by atoms with van der Waals surface area (Å²) >= 11 is 0. The number of benzene rings is 2. The molecule has 1 aliphatic heterocycles. The summed E-state index contributed by atoms with van der Waals surface area (Å²) in [6.07, 6.45) is 1.32. The van der Waals surface area contributed by atoms with E-state index in [0.717, 1.165) is 10.9 Å². The van der Waals surface area contributed by atoms with Crippen molar-refractivity contribution in [2.24, 2.45) is 0 Å². The first-order valence-electron chi connectivity index (χ1n) is 10.8. The molecule has 1 aliphatic rings. The molecule has 2 aromatic carbocycles. The molecule has 3 aromatic rings. The first-order valence-corrected chi connectivity index (χ1v) is 10.8. The Bertz CT molecular complexity index is 1150. The summed E-state index contributed by atoms with van der Waals surface area (Å²) in [5.74, 6) is -1.21. The molecular weight excluding hydrogens is 424 g/mol. The highest BCUT2D eigenvalue weighted by Gasteiger charge is 2.33. The lowest BCUT2D eigenvalue weighted by atomic mass is 10.0. The number of ether oxygens (including phenoxy) is 1. The highest BCUT2D eigenvalue weighted by atomic mass is 16.6. The number of hydrogen-bond donors (Lipinski definition) is 3. The number of H-pyrrole nitrogens is 1. The average molecular weight is 450 g/mol. The average Bonchev–Trinajstić information content (AvgIpc) is 3.23. The van der Waals surface area contributed by atoms with Crippen molar-refractivity contribution in [3.05, 3.63) is 65.9 Å². The fourth-order valence-electron chi connectivity index (χ4n) is 4.10. The number of amides is 2. The molecule has 0 bridgehead atoms. The van der Waals surface area contributed by atoms with E-state index in [1.54, 1.807) is 54.4 Å². The van der Waals surface area contributed by atoms with Crippen LogP contribution in [-0.2, 0) is 9.53 Å². The van der Waals surface area contributed by atoms with Crippen LogP contribution in [0.4, 0.5) is 10.5 Å². The van der Waals surface area contributed by atoms with Gasteiger partial charge < -0.3 is 25.0 Å². The summed E-state index contributed by atoms with van der Waals surface area (Å²) in [5.41, 5.74) is 2.50. The Kier molecular flexibility index (Phi) is 6.60. The Morgan fingerprint density at radius 2 is 1.82 bits per heavy atom. The van der Waals surface area contributed by atoms with E-state index in [9.17, 15) is 19.5 Å². The van der Waals surface area contributed by atoms with Gasteiger partial charge in [0.1, 0.15) is 6.04 Å². The quantitative estimate of drug-likeness (QED) is 0.531. The van der Waals surface area contributed by atoms with Crippen LogP contribution in [0.3, 0.4) is 0 Å². The lowest BCUT2D eigenvalue weighted by Gasteiger charge is -2.37. The molecule has 9 heteroatoms. The monoisotopic (exact) mass is 450 g/mol. The van der Waals surface area contributed by atoms with Crippen molar-refractivity contribution in [2.45, 2.75) is 13.0 Å². The highest BCUT2D eigenvalue weighted by Crippen LogP contribution is 2.31. The Balaban J connectivity index is 1.55. The normalized spacial score (nSPS) is 15.2. The topological polar surface area (TPSA) is 115 Å². The molecule has 4 rings (SSSR count). The number of carboxylic acid groups (broad SMARTS) is 1. The van der Waals surface area contributed by atoms with E-state index in [4.69, 9.17) is 4.74 Å². The van der Waals surface area contributed by atoms with Crippen molar-refractivity contribution in [3.8, 4) is 0 Å². The molecule has 0 radical (unpaired) electrons. The SMILES string of the molecule is CCOC(=O)N1CCN([C@H](C(=O)O)c2c[nH]c3ccc(NC(=O)c4ccccc4)cc23)CC1. The number of piperazine rings is 1. The zero-order chi connectivity index (χ0) is 23.4. The molecule has 2 amide bonds. The summed E-state index contributed by atoms with van der Waals surface area (Å²) in [7, 11) is 0. The second-order valence-corrected chi connectivity index (χ2v) is 7.79. The van der Waals surface area contributed by atoms with Crippen LogP contribution >= 0.6 is 0 Å². The van der Waals surface area contributed by atoms with Crippen LogP contribution in [-0.4, -0.2) is 70.6 Å². The number of aromatic nitrogens is 1. The number of carbonyl (C=O) groups excluding carboxylic acids is 2. The van der Waals surface area contributed by atoms with E-state index in [1.807, 2.05) is 17.0 Å². The largest absolute Gasteiger partial charge is 0.480 e. The summed E-state index contributed by atoms with van der Waals surface area (Å²) in [5, 5.41) is 13.6. The third-order valence-corrected chi connectivity index (χ3v) is 5.74. The van der Waals surface area contributed by atoms with Crippen LogP contribution in [0.5, 0.6) is 0 Å². The minimum Gasteiger partial charge on any atom is -0.480 e. The van der Waals surface area contributed by atoms with Crippen LogP contribution in [0.1, 0.15) is 28.9 Å². The molecule has 0 saturated carbocycles. The van der Waals surface area contributed by atoms with E-state index >= 15 is 0 Å². The predicted octanol–water partition coefficient (Wildman–Crippen LogP) is 3.32. The zero-order valence-electron chi connectivity index (χ0n) is 18.3. The van der Waals surface area contributed by atoms with E-state index in [1.165, 1.54) is 0 Å². The predicted molar refractivity (Wildman–Crippen MR) is 123 cm³/mol. The van der Waals surface area contributed by atoms with Crippen molar-refractivity contribution in [1.82, 2.24) is 14.8 Å². The van der Waals surface area contributed by atoms with Gasteiger partial charge in [-0.3, -0.25) is 14.5 Å². The molecule has 0 aliphatic carbocycles. The van der Waals surface area contributed by atoms with Crippen LogP contribution < -0.4 is 5.32 Å².